The molecule has 2 N–H and O–H groups in total. The third-order valence-corrected chi connectivity index (χ3v) is 4.38. The van der Waals surface area contributed by atoms with Crippen molar-refractivity contribution in [2.24, 2.45) is 0 Å². The predicted octanol–water partition coefficient (Wildman–Crippen LogP) is 3.37. The number of carbonyl (C=O) groups is 2. The van der Waals surface area contributed by atoms with E-state index in [1.54, 1.807) is 24.3 Å². The fourth-order valence-corrected chi connectivity index (χ4v) is 3.07. The predicted molar refractivity (Wildman–Crippen MR) is 96.7 cm³/mol. The van der Waals surface area contributed by atoms with Crippen LogP contribution in [0.5, 0.6) is 5.75 Å². The molecule has 0 bridgehead atoms. The van der Waals surface area contributed by atoms with Gasteiger partial charge in [0.05, 0.1) is 12.0 Å². The first-order valence-electron chi connectivity index (χ1n) is 8.57. The Morgan fingerprint density at radius 3 is 2.96 bits per heavy atom. The minimum absolute atomic E-state index is 0.129. The van der Waals surface area contributed by atoms with Gasteiger partial charge in [-0.1, -0.05) is 6.07 Å². The third kappa shape index (κ3) is 3.76. The van der Waals surface area contributed by atoms with Gasteiger partial charge in [0.2, 0.25) is 11.8 Å². The van der Waals surface area contributed by atoms with E-state index in [9.17, 15) is 14.0 Å². The molecule has 138 valence electrons. The number of fused-ring (bicyclic) bond motifs is 1. The summed E-state index contributed by atoms with van der Waals surface area (Å²) in [4.78, 5) is 23.7. The average molecular weight is 368 g/mol. The second kappa shape index (κ2) is 7.11. The summed E-state index contributed by atoms with van der Waals surface area (Å²) < 4.78 is 24.4. The molecule has 2 amide bonds. The van der Waals surface area contributed by atoms with Crippen LogP contribution >= 0.6 is 0 Å². The van der Waals surface area contributed by atoms with Crippen LogP contribution in [-0.2, 0) is 16.2 Å². The Kier molecular flexibility index (Phi) is 4.50. The molecule has 4 rings (SSSR count). The summed E-state index contributed by atoms with van der Waals surface area (Å²) in [6.07, 6.45) is 2.35. The summed E-state index contributed by atoms with van der Waals surface area (Å²) >= 11 is 0. The van der Waals surface area contributed by atoms with Gasteiger partial charge in [0.15, 0.2) is 5.58 Å². The number of hydrogen-bond donors (Lipinski definition) is 2. The lowest BCUT2D eigenvalue weighted by Crippen LogP contribution is -2.37. The lowest BCUT2D eigenvalue weighted by Gasteiger charge is -2.13. The molecule has 27 heavy (non-hydrogen) atoms. The molecule has 0 radical (unpaired) electrons. The largest absolute Gasteiger partial charge is 0.489 e. The molecule has 0 spiro atoms. The molecular weight excluding hydrogens is 351 g/mol. The summed E-state index contributed by atoms with van der Waals surface area (Å²) in [7, 11) is 0. The highest BCUT2D eigenvalue weighted by atomic mass is 19.1. The van der Waals surface area contributed by atoms with Crippen LogP contribution in [0, 0.1) is 5.82 Å². The molecule has 0 saturated carbocycles. The van der Waals surface area contributed by atoms with Crippen molar-refractivity contribution in [3.63, 3.8) is 0 Å². The summed E-state index contributed by atoms with van der Waals surface area (Å²) in [5, 5.41) is 6.27. The molecular formula is C20H17FN2O4. The number of amides is 2. The van der Waals surface area contributed by atoms with E-state index < -0.39 is 6.04 Å². The van der Waals surface area contributed by atoms with Crippen molar-refractivity contribution in [2.45, 2.75) is 25.5 Å². The zero-order chi connectivity index (χ0) is 18.8. The minimum atomic E-state index is -0.547. The van der Waals surface area contributed by atoms with Gasteiger partial charge < -0.3 is 19.8 Å². The van der Waals surface area contributed by atoms with Crippen LogP contribution in [0.3, 0.4) is 0 Å². The summed E-state index contributed by atoms with van der Waals surface area (Å²) in [5.74, 6) is -0.372. The number of anilines is 1. The number of hydrogen-bond acceptors (Lipinski definition) is 4. The van der Waals surface area contributed by atoms with Gasteiger partial charge >= 0.3 is 0 Å². The smallest absolute Gasteiger partial charge is 0.247 e. The molecule has 6 nitrogen and oxygen atoms in total. The van der Waals surface area contributed by atoms with Crippen LogP contribution < -0.4 is 15.4 Å². The number of furan rings is 1. The van der Waals surface area contributed by atoms with Gasteiger partial charge in [0, 0.05) is 17.9 Å². The Labute approximate surface area is 154 Å². The van der Waals surface area contributed by atoms with E-state index in [-0.39, 0.29) is 24.2 Å². The van der Waals surface area contributed by atoms with E-state index in [2.05, 4.69) is 10.6 Å². The van der Waals surface area contributed by atoms with Crippen LogP contribution in [0.25, 0.3) is 11.0 Å². The summed E-state index contributed by atoms with van der Waals surface area (Å²) in [5.41, 5.74) is 1.84. The Morgan fingerprint density at radius 1 is 1.30 bits per heavy atom. The average Bonchev–Trinajstić information content (AvgIpc) is 3.29. The minimum Gasteiger partial charge on any atom is -0.489 e. The van der Waals surface area contributed by atoms with Gasteiger partial charge in [-0.05, 0) is 42.3 Å². The molecule has 1 aliphatic heterocycles. The highest BCUT2D eigenvalue weighted by molar-refractivity contribution is 6.04. The zero-order valence-corrected chi connectivity index (χ0v) is 14.3. The Morgan fingerprint density at radius 2 is 2.19 bits per heavy atom. The molecule has 3 aromatic rings. The van der Waals surface area contributed by atoms with Gasteiger partial charge in [-0.25, -0.2) is 4.39 Å². The summed E-state index contributed by atoms with van der Waals surface area (Å²) in [6.45, 7) is 0.202. The van der Waals surface area contributed by atoms with E-state index in [0.29, 0.717) is 29.9 Å². The topological polar surface area (TPSA) is 80.6 Å². The van der Waals surface area contributed by atoms with E-state index >= 15 is 0 Å². The standard InChI is InChI=1S/C20H17FN2O4/c21-14-2-1-3-15(10-14)27-11-12-8-13-6-7-26-19(13)17(9-12)23-20(25)16-4-5-18(24)22-16/h1-3,6-10,16H,4-5,11H2,(H,22,24)(H,23,25). The first-order valence-corrected chi connectivity index (χ1v) is 8.57. The molecule has 1 aromatic heterocycles. The molecule has 1 unspecified atom stereocenters. The maximum atomic E-state index is 13.3. The molecule has 1 saturated heterocycles. The van der Waals surface area contributed by atoms with Crippen molar-refractivity contribution in [2.75, 3.05) is 5.32 Å². The Balaban J connectivity index is 1.54. The molecule has 2 aromatic carbocycles. The first kappa shape index (κ1) is 17.1. The molecule has 1 fully saturated rings. The molecule has 2 heterocycles. The molecule has 0 aliphatic carbocycles. The summed E-state index contributed by atoms with van der Waals surface area (Å²) in [6, 6.07) is 10.8. The Hall–Kier alpha value is -3.35. The number of benzene rings is 2. The number of ether oxygens (including phenoxy) is 1. The highest BCUT2D eigenvalue weighted by Crippen LogP contribution is 2.28. The van der Waals surface area contributed by atoms with Crippen molar-refractivity contribution >= 4 is 28.5 Å². The van der Waals surface area contributed by atoms with Gasteiger partial charge in [-0.3, -0.25) is 9.59 Å². The van der Waals surface area contributed by atoms with Gasteiger partial charge in [0.25, 0.3) is 0 Å². The lowest BCUT2D eigenvalue weighted by molar-refractivity contribution is -0.122. The third-order valence-electron chi connectivity index (χ3n) is 4.38. The fraction of sp³-hybridized carbons (Fsp3) is 0.200. The first-order chi connectivity index (χ1) is 13.1. The lowest BCUT2D eigenvalue weighted by atomic mass is 10.1. The fourth-order valence-electron chi connectivity index (χ4n) is 3.07. The van der Waals surface area contributed by atoms with E-state index in [0.717, 1.165) is 10.9 Å². The molecule has 1 atom stereocenters. The Bertz CT molecular complexity index is 1010. The van der Waals surface area contributed by atoms with Crippen molar-refractivity contribution in [1.82, 2.24) is 5.32 Å². The SMILES string of the molecule is O=C1CCC(C(=O)Nc2cc(COc3cccc(F)c3)cc3ccoc23)N1. The van der Waals surface area contributed by atoms with Crippen molar-refractivity contribution < 1.29 is 23.1 Å². The van der Waals surface area contributed by atoms with Gasteiger partial charge in [-0.2, -0.15) is 0 Å². The number of nitrogens with one attached hydrogen (secondary N) is 2. The van der Waals surface area contributed by atoms with Gasteiger partial charge in [-0.15, -0.1) is 0 Å². The number of carbonyl (C=O) groups excluding carboxylic acids is 2. The van der Waals surface area contributed by atoms with E-state index in [4.69, 9.17) is 9.15 Å². The second-order valence-electron chi connectivity index (χ2n) is 6.38. The number of halogens is 1. The van der Waals surface area contributed by atoms with Gasteiger partial charge in [0.1, 0.15) is 24.2 Å². The van der Waals surface area contributed by atoms with E-state index in [1.165, 1.54) is 18.4 Å². The highest BCUT2D eigenvalue weighted by Gasteiger charge is 2.27. The van der Waals surface area contributed by atoms with E-state index in [1.807, 2.05) is 6.07 Å². The molecule has 1 aliphatic rings. The molecule has 7 heteroatoms. The van der Waals surface area contributed by atoms with Crippen molar-refractivity contribution in [1.29, 1.82) is 0 Å². The van der Waals surface area contributed by atoms with Crippen LogP contribution in [0.15, 0.2) is 53.1 Å². The maximum absolute atomic E-state index is 13.3. The van der Waals surface area contributed by atoms with Crippen molar-refractivity contribution in [3.05, 3.63) is 60.1 Å². The number of rotatable bonds is 5. The van der Waals surface area contributed by atoms with Crippen LogP contribution in [-0.4, -0.2) is 17.9 Å². The zero-order valence-electron chi connectivity index (χ0n) is 14.3. The van der Waals surface area contributed by atoms with Crippen LogP contribution in [0.2, 0.25) is 0 Å². The van der Waals surface area contributed by atoms with Crippen LogP contribution in [0.4, 0.5) is 10.1 Å². The van der Waals surface area contributed by atoms with Crippen LogP contribution in [0.1, 0.15) is 18.4 Å². The van der Waals surface area contributed by atoms with Crippen molar-refractivity contribution in [3.8, 4) is 5.75 Å². The quantitative estimate of drug-likeness (QED) is 0.724. The normalized spacial score (nSPS) is 16.3. The maximum Gasteiger partial charge on any atom is 0.247 e. The second-order valence-corrected chi connectivity index (χ2v) is 6.38. The monoisotopic (exact) mass is 368 g/mol.